The highest BCUT2D eigenvalue weighted by Crippen LogP contribution is 2.44. The van der Waals surface area contributed by atoms with Gasteiger partial charge < -0.3 is 24.6 Å². The summed E-state index contributed by atoms with van der Waals surface area (Å²) in [5, 5.41) is 12.4. The van der Waals surface area contributed by atoms with Crippen LogP contribution >= 0.6 is 0 Å². The third kappa shape index (κ3) is 5.59. The van der Waals surface area contributed by atoms with Gasteiger partial charge in [-0.3, -0.25) is 0 Å². The monoisotopic (exact) mass is 467 g/mol. The summed E-state index contributed by atoms with van der Waals surface area (Å²) in [4.78, 5) is 24.8. The number of benzene rings is 2. The summed E-state index contributed by atoms with van der Waals surface area (Å²) in [5.74, 6) is -1.24. The molecule has 0 saturated carbocycles. The third-order valence-corrected chi connectivity index (χ3v) is 6.56. The number of carboxylic acid groups (broad SMARTS) is 1. The molecule has 1 aliphatic heterocycles. The van der Waals surface area contributed by atoms with Crippen LogP contribution in [0.4, 0.5) is 4.79 Å². The molecule has 1 saturated heterocycles. The molecule has 2 aliphatic rings. The fourth-order valence-electron chi connectivity index (χ4n) is 4.81. The quantitative estimate of drug-likeness (QED) is 0.506. The van der Waals surface area contributed by atoms with Gasteiger partial charge in [0, 0.05) is 12.5 Å². The smallest absolute Gasteiger partial charge is 0.407 e. The molecular formula is C27H33NO6. The standard InChI is InChI=1S/C27H33NO6/c1-2-3-14-23(34-24-15-8-9-16-32-24)25(26(29)30)28-27(31)33-17-22-20-12-6-4-10-18(20)19-11-5-7-13-21(19)22/h4-7,10-13,22-25H,2-3,8-9,14-17H2,1H3,(H,28,31)(H,29,30)/t23-,24?,25+/m1/s1. The maximum absolute atomic E-state index is 12.7. The van der Waals surface area contributed by atoms with Crippen molar-refractivity contribution in [2.45, 2.75) is 69.8 Å². The molecule has 0 aromatic heterocycles. The number of carbonyl (C=O) groups is 2. The molecule has 0 radical (unpaired) electrons. The van der Waals surface area contributed by atoms with Crippen LogP contribution in [0.2, 0.25) is 0 Å². The van der Waals surface area contributed by atoms with Gasteiger partial charge in [0.1, 0.15) is 6.61 Å². The van der Waals surface area contributed by atoms with Gasteiger partial charge in [0.2, 0.25) is 0 Å². The molecular weight excluding hydrogens is 434 g/mol. The molecule has 2 N–H and O–H groups in total. The highest BCUT2D eigenvalue weighted by atomic mass is 16.7. The van der Waals surface area contributed by atoms with Crippen molar-refractivity contribution in [2.24, 2.45) is 0 Å². The van der Waals surface area contributed by atoms with E-state index in [1.165, 1.54) is 0 Å². The number of unbranched alkanes of at least 4 members (excludes halogenated alkanes) is 1. The van der Waals surface area contributed by atoms with E-state index in [9.17, 15) is 14.7 Å². The van der Waals surface area contributed by atoms with Crippen LogP contribution in [0.5, 0.6) is 0 Å². The number of nitrogens with one attached hydrogen (secondary N) is 1. The Labute approximate surface area is 200 Å². The molecule has 34 heavy (non-hydrogen) atoms. The molecule has 7 heteroatoms. The minimum Gasteiger partial charge on any atom is -0.480 e. The minimum absolute atomic E-state index is 0.0933. The van der Waals surface area contributed by atoms with Crippen LogP contribution in [0.1, 0.15) is 62.5 Å². The van der Waals surface area contributed by atoms with Gasteiger partial charge in [-0.2, -0.15) is 0 Å². The fourth-order valence-corrected chi connectivity index (χ4v) is 4.81. The Bertz CT molecular complexity index is 941. The van der Waals surface area contributed by atoms with Gasteiger partial charge in [-0.05, 0) is 47.9 Å². The zero-order chi connectivity index (χ0) is 23.9. The number of hydrogen-bond acceptors (Lipinski definition) is 5. The van der Waals surface area contributed by atoms with Crippen molar-refractivity contribution in [1.29, 1.82) is 0 Å². The lowest BCUT2D eigenvalue weighted by Crippen LogP contribution is -2.51. The number of rotatable bonds is 10. The lowest BCUT2D eigenvalue weighted by atomic mass is 9.98. The summed E-state index contributed by atoms with van der Waals surface area (Å²) in [6.45, 7) is 2.75. The Kier molecular flexibility index (Phi) is 8.19. The number of carbonyl (C=O) groups excluding carboxylic acids is 1. The zero-order valence-electron chi connectivity index (χ0n) is 19.6. The van der Waals surface area contributed by atoms with E-state index in [-0.39, 0.29) is 12.5 Å². The van der Waals surface area contributed by atoms with E-state index in [0.29, 0.717) is 13.0 Å². The van der Waals surface area contributed by atoms with Gasteiger partial charge >= 0.3 is 12.1 Å². The van der Waals surface area contributed by atoms with Gasteiger partial charge in [0.15, 0.2) is 12.3 Å². The second-order valence-corrected chi connectivity index (χ2v) is 8.90. The Hall–Kier alpha value is -2.90. The summed E-state index contributed by atoms with van der Waals surface area (Å²) < 4.78 is 17.2. The Morgan fingerprint density at radius 2 is 1.76 bits per heavy atom. The van der Waals surface area contributed by atoms with Crippen LogP contribution in [0.15, 0.2) is 48.5 Å². The van der Waals surface area contributed by atoms with Crippen molar-refractivity contribution < 1.29 is 28.9 Å². The molecule has 1 amide bonds. The number of aliphatic carboxylic acids is 1. The molecule has 1 fully saturated rings. The lowest BCUT2D eigenvalue weighted by Gasteiger charge is -2.31. The average molecular weight is 468 g/mol. The molecule has 2 aromatic carbocycles. The highest BCUT2D eigenvalue weighted by Gasteiger charge is 2.34. The maximum Gasteiger partial charge on any atom is 0.407 e. The first kappa shape index (κ1) is 24.2. The van der Waals surface area contributed by atoms with Crippen LogP contribution in [0, 0.1) is 0 Å². The first-order valence-corrected chi connectivity index (χ1v) is 12.2. The van der Waals surface area contributed by atoms with Crippen molar-refractivity contribution in [3.05, 3.63) is 59.7 Å². The molecule has 4 rings (SSSR count). The first-order chi connectivity index (χ1) is 16.6. The van der Waals surface area contributed by atoms with E-state index < -0.39 is 30.5 Å². The SMILES string of the molecule is CCCC[C@@H](OC1CCCCO1)[C@H](NC(=O)OCC1c2ccccc2-c2ccccc21)C(=O)O. The lowest BCUT2D eigenvalue weighted by molar-refractivity contribution is -0.198. The van der Waals surface area contributed by atoms with Crippen LogP contribution in [-0.4, -0.2) is 48.8 Å². The largest absolute Gasteiger partial charge is 0.480 e. The van der Waals surface area contributed by atoms with Gasteiger partial charge in [0.25, 0.3) is 0 Å². The topological polar surface area (TPSA) is 94.1 Å². The number of carboxylic acids is 1. The Morgan fingerprint density at radius 3 is 2.35 bits per heavy atom. The molecule has 0 spiro atoms. The molecule has 3 atom stereocenters. The van der Waals surface area contributed by atoms with E-state index in [4.69, 9.17) is 14.2 Å². The highest BCUT2D eigenvalue weighted by molar-refractivity contribution is 5.81. The second-order valence-electron chi connectivity index (χ2n) is 8.90. The number of hydrogen-bond donors (Lipinski definition) is 2. The summed E-state index contributed by atoms with van der Waals surface area (Å²) >= 11 is 0. The number of fused-ring (bicyclic) bond motifs is 3. The number of ether oxygens (including phenoxy) is 3. The summed E-state index contributed by atoms with van der Waals surface area (Å²) in [7, 11) is 0. The zero-order valence-corrected chi connectivity index (χ0v) is 19.6. The normalized spacial score (nSPS) is 19.0. The van der Waals surface area contributed by atoms with E-state index in [1.54, 1.807) is 0 Å². The average Bonchev–Trinajstić information content (AvgIpc) is 3.18. The number of alkyl carbamates (subject to hydrolysis) is 1. The summed E-state index contributed by atoms with van der Waals surface area (Å²) in [5.41, 5.74) is 4.47. The molecule has 7 nitrogen and oxygen atoms in total. The maximum atomic E-state index is 12.7. The molecule has 182 valence electrons. The van der Waals surface area contributed by atoms with E-state index in [0.717, 1.165) is 54.4 Å². The Morgan fingerprint density at radius 1 is 1.09 bits per heavy atom. The fraction of sp³-hybridized carbons (Fsp3) is 0.481. The van der Waals surface area contributed by atoms with Crippen LogP contribution < -0.4 is 5.32 Å². The predicted octanol–water partition coefficient (Wildman–Crippen LogP) is 5.08. The van der Waals surface area contributed by atoms with Crippen molar-refractivity contribution >= 4 is 12.1 Å². The third-order valence-electron chi connectivity index (χ3n) is 6.56. The molecule has 0 bridgehead atoms. The van der Waals surface area contributed by atoms with Gasteiger partial charge in [-0.15, -0.1) is 0 Å². The molecule has 1 unspecified atom stereocenters. The first-order valence-electron chi connectivity index (χ1n) is 12.2. The molecule has 1 heterocycles. The van der Waals surface area contributed by atoms with E-state index in [1.807, 2.05) is 43.3 Å². The van der Waals surface area contributed by atoms with Crippen molar-refractivity contribution in [3.63, 3.8) is 0 Å². The Balaban J connectivity index is 1.42. The predicted molar refractivity (Wildman–Crippen MR) is 128 cm³/mol. The summed E-state index contributed by atoms with van der Waals surface area (Å²) in [6.07, 6.45) is 2.96. The van der Waals surface area contributed by atoms with Crippen LogP contribution in [0.25, 0.3) is 11.1 Å². The van der Waals surface area contributed by atoms with Crippen LogP contribution in [0.3, 0.4) is 0 Å². The minimum atomic E-state index is -1.22. The molecule has 1 aliphatic carbocycles. The van der Waals surface area contributed by atoms with Crippen LogP contribution in [-0.2, 0) is 19.0 Å². The second kappa shape index (κ2) is 11.5. The molecule has 2 aromatic rings. The summed E-state index contributed by atoms with van der Waals surface area (Å²) in [6, 6.07) is 14.9. The van der Waals surface area contributed by atoms with Gasteiger partial charge in [-0.25, -0.2) is 9.59 Å². The van der Waals surface area contributed by atoms with Crippen molar-refractivity contribution in [2.75, 3.05) is 13.2 Å². The van der Waals surface area contributed by atoms with E-state index >= 15 is 0 Å². The van der Waals surface area contributed by atoms with E-state index in [2.05, 4.69) is 17.4 Å². The van der Waals surface area contributed by atoms with Gasteiger partial charge in [-0.1, -0.05) is 68.3 Å². The van der Waals surface area contributed by atoms with Crippen molar-refractivity contribution in [3.8, 4) is 11.1 Å². The van der Waals surface area contributed by atoms with Crippen molar-refractivity contribution in [1.82, 2.24) is 5.32 Å². The van der Waals surface area contributed by atoms with Gasteiger partial charge in [0.05, 0.1) is 6.10 Å². The number of amides is 1.